The Bertz CT molecular complexity index is 1020. The van der Waals surface area contributed by atoms with Crippen molar-refractivity contribution in [2.75, 3.05) is 5.32 Å². The number of pyridine rings is 1. The highest BCUT2D eigenvalue weighted by molar-refractivity contribution is 9.10. The van der Waals surface area contributed by atoms with E-state index in [9.17, 15) is 13.2 Å². The quantitative estimate of drug-likeness (QED) is 0.620. The zero-order chi connectivity index (χ0) is 19.3. The molecule has 0 spiro atoms. The fourth-order valence-corrected chi connectivity index (χ4v) is 3.85. The summed E-state index contributed by atoms with van der Waals surface area (Å²) >= 11 is 3.28. The number of hydrogen-bond acceptors (Lipinski definition) is 4. The van der Waals surface area contributed by atoms with Gasteiger partial charge < -0.3 is 10.6 Å². The van der Waals surface area contributed by atoms with Gasteiger partial charge in [-0.05, 0) is 60.2 Å². The normalized spacial score (nSPS) is 11.0. The van der Waals surface area contributed by atoms with Gasteiger partial charge in [-0.3, -0.25) is 4.98 Å². The number of anilines is 1. The number of amides is 2. The molecule has 2 amide bonds. The van der Waals surface area contributed by atoms with Crippen LogP contribution in [-0.4, -0.2) is 19.4 Å². The number of rotatable bonds is 5. The van der Waals surface area contributed by atoms with Gasteiger partial charge in [0.25, 0.3) is 0 Å². The van der Waals surface area contributed by atoms with Crippen molar-refractivity contribution in [1.82, 2.24) is 10.3 Å². The van der Waals surface area contributed by atoms with E-state index >= 15 is 0 Å². The second-order valence-corrected chi connectivity index (χ2v) is 8.52. The van der Waals surface area contributed by atoms with Crippen LogP contribution in [0.25, 0.3) is 0 Å². The van der Waals surface area contributed by atoms with E-state index in [1.54, 1.807) is 42.7 Å². The Kier molecular flexibility index (Phi) is 5.88. The summed E-state index contributed by atoms with van der Waals surface area (Å²) in [5.41, 5.74) is 1.37. The van der Waals surface area contributed by atoms with Crippen molar-refractivity contribution in [3.8, 4) is 0 Å². The van der Waals surface area contributed by atoms with Gasteiger partial charge in [0.1, 0.15) is 0 Å². The van der Waals surface area contributed by atoms with Crippen LogP contribution in [0.15, 0.2) is 87.3 Å². The topological polar surface area (TPSA) is 88.2 Å². The van der Waals surface area contributed by atoms with E-state index in [2.05, 4.69) is 31.5 Å². The number of sulfone groups is 1. The van der Waals surface area contributed by atoms with Crippen LogP contribution in [0.5, 0.6) is 0 Å². The second kappa shape index (κ2) is 8.32. The molecule has 0 aliphatic heterocycles. The third-order valence-corrected chi connectivity index (χ3v) is 6.04. The number of benzene rings is 2. The lowest BCUT2D eigenvalue weighted by molar-refractivity contribution is 0.251. The van der Waals surface area contributed by atoms with Crippen molar-refractivity contribution in [3.05, 3.63) is 83.1 Å². The molecule has 8 heteroatoms. The summed E-state index contributed by atoms with van der Waals surface area (Å²) in [6.45, 7) is 0.343. The minimum absolute atomic E-state index is 0.158. The van der Waals surface area contributed by atoms with E-state index in [0.717, 1.165) is 10.0 Å². The van der Waals surface area contributed by atoms with Crippen molar-refractivity contribution < 1.29 is 13.2 Å². The third kappa shape index (κ3) is 4.93. The van der Waals surface area contributed by atoms with Gasteiger partial charge in [-0.15, -0.1) is 0 Å². The molecule has 1 heterocycles. The molecule has 2 aromatic carbocycles. The lowest BCUT2D eigenvalue weighted by Gasteiger charge is -2.09. The molecular weight excluding hydrogens is 430 g/mol. The monoisotopic (exact) mass is 445 g/mol. The predicted molar refractivity (Wildman–Crippen MR) is 106 cm³/mol. The average molecular weight is 446 g/mol. The largest absolute Gasteiger partial charge is 0.334 e. The van der Waals surface area contributed by atoms with E-state index in [-0.39, 0.29) is 15.8 Å². The van der Waals surface area contributed by atoms with E-state index in [0.29, 0.717) is 12.2 Å². The Morgan fingerprint density at radius 3 is 2.19 bits per heavy atom. The standard InChI is InChI=1S/C19H16BrN3O3S/c20-15-3-7-17(8-4-15)27(25,26)18-9-5-16(6-10-18)23-19(24)22-13-14-2-1-11-21-12-14/h1-12H,13H2,(H2,22,23,24). The maximum absolute atomic E-state index is 12.6. The fraction of sp³-hybridized carbons (Fsp3) is 0.0526. The molecule has 0 fully saturated rings. The number of aromatic nitrogens is 1. The van der Waals surface area contributed by atoms with Crippen LogP contribution in [0.3, 0.4) is 0 Å². The van der Waals surface area contributed by atoms with Gasteiger partial charge in [0.05, 0.1) is 9.79 Å². The van der Waals surface area contributed by atoms with Crippen molar-refractivity contribution in [2.24, 2.45) is 0 Å². The number of nitrogens with one attached hydrogen (secondary N) is 2. The summed E-state index contributed by atoms with van der Waals surface area (Å²) in [5.74, 6) is 0. The fourth-order valence-electron chi connectivity index (χ4n) is 2.33. The highest BCUT2D eigenvalue weighted by Crippen LogP contribution is 2.23. The molecule has 0 bridgehead atoms. The lowest BCUT2D eigenvalue weighted by atomic mass is 10.3. The molecule has 2 N–H and O–H groups in total. The minimum Gasteiger partial charge on any atom is -0.334 e. The average Bonchev–Trinajstić information content (AvgIpc) is 2.68. The van der Waals surface area contributed by atoms with Crippen LogP contribution in [0.2, 0.25) is 0 Å². The lowest BCUT2D eigenvalue weighted by Crippen LogP contribution is -2.28. The first kappa shape index (κ1) is 19.1. The molecule has 3 rings (SSSR count). The molecule has 1 aromatic heterocycles. The molecule has 27 heavy (non-hydrogen) atoms. The number of carbonyl (C=O) groups is 1. The summed E-state index contributed by atoms with van der Waals surface area (Å²) in [7, 11) is -3.60. The Balaban J connectivity index is 1.64. The summed E-state index contributed by atoms with van der Waals surface area (Å²) in [6, 6.07) is 15.7. The van der Waals surface area contributed by atoms with Gasteiger partial charge >= 0.3 is 6.03 Å². The number of carbonyl (C=O) groups excluding carboxylic acids is 1. The number of hydrogen-bond donors (Lipinski definition) is 2. The number of nitrogens with zero attached hydrogens (tertiary/aromatic N) is 1. The zero-order valence-electron chi connectivity index (χ0n) is 14.1. The SMILES string of the molecule is O=C(NCc1cccnc1)Nc1ccc(S(=O)(=O)c2ccc(Br)cc2)cc1. The molecule has 3 aromatic rings. The molecule has 0 aliphatic rings. The maximum Gasteiger partial charge on any atom is 0.319 e. The van der Waals surface area contributed by atoms with Crippen LogP contribution in [0.4, 0.5) is 10.5 Å². The zero-order valence-corrected chi connectivity index (χ0v) is 16.5. The summed E-state index contributed by atoms with van der Waals surface area (Å²) in [5, 5.41) is 5.38. The van der Waals surface area contributed by atoms with E-state index in [4.69, 9.17) is 0 Å². The van der Waals surface area contributed by atoms with E-state index in [1.807, 2.05) is 6.07 Å². The predicted octanol–water partition coefficient (Wildman–Crippen LogP) is 4.00. The Morgan fingerprint density at radius 2 is 1.59 bits per heavy atom. The van der Waals surface area contributed by atoms with Gasteiger partial charge in [0.15, 0.2) is 0 Å². The van der Waals surface area contributed by atoms with Crippen LogP contribution in [-0.2, 0) is 16.4 Å². The molecular formula is C19H16BrN3O3S. The van der Waals surface area contributed by atoms with Gasteiger partial charge in [-0.2, -0.15) is 0 Å². The third-order valence-electron chi connectivity index (χ3n) is 3.72. The summed E-state index contributed by atoms with van der Waals surface area (Å²) in [4.78, 5) is 16.3. The highest BCUT2D eigenvalue weighted by atomic mass is 79.9. The van der Waals surface area contributed by atoms with Crippen molar-refractivity contribution in [3.63, 3.8) is 0 Å². The maximum atomic E-state index is 12.6. The van der Waals surface area contributed by atoms with Crippen molar-refractivity contribution >= 4 is 37.5 Å². The van der Waals surface area contributed by atoms with Gasteiger partial charge in [0, 0.05) is 29.1 Å². The first-order valence-electron chi connectivity index (χ1n) is 7.99. The van der Waals surface area contributed by atoms with Crippen LogP contribution in [0, 0.1) is 0 Å². The van der Waals surface area contributed by atoms with Crippen molar-refractivity contribution in [1.29, 1.82) is 0 Å². The molecule has 0 saturated carbocycles. The second-order valence-electron chi connectivity index (χ2n) is 5.65. The molecule has 0 atom stereocenters. The Hall–Kier alpha value is -2.71. The number of urea groups is 1. The van der Waals surface area contributed by atoms with Gasteiger partial charge in [0.2, 0.25) is 9.84 Å². The van der Waals surface area contributed by atoms with Crippen LogP contribution in [0.1, 0.15) is 5.56 Å². The highest BCUT2D eigenvalue weighted by Gasteiger charge is 2.17. The van der Waals surface area contributed by atoms with Crippen LogP contribution >= 0.6 is 15.9 Å². The van der Waals surface area contributed by atoms with Gasteiger partial charge in [-0.1, -0.05) is 22.0 Å². The molecule has 0 radical (unpaired) electrons. The van der Waals surface area contributed by atoms with Crippen molar-refractivity contribution in [2.45, 2.75) is 16.3 Å². The first-order valence-corrected chi connectivity index (χ1v) is 10.3. The molecule has 6 nitrogen and oxygen atoms in total. The van der Waals surface area contributed by atoms with E-state index < -0.39 is 9.84 Å². The molecule has 0 unspecified atom stereocenters. The van der Waals surface area contributed by atoms with E-state index in [1.165, 1.54) is 24.3 Å². The van der Waals surface area contributed by atoms with Crippen LogP contribution < -0.4 is 10.6 Å². The summed E-state index contributed by atoms with van der Waals surface area (Å²) in [6.07, 6.45) is 3.33. The smallest absolute Gasteiger partial charge is 0.319 e. The summed E-state index contributed by atoms with van der Waals surface area (Å²) < 4.78 is 26.0. The molecule has 0 aliphatic carbocycles. The number of halogens is 1. The molecule has 0 saturated heterocycles. The Morgan fingerprint density at radius 1 is 0.963 bits per heavy atom. The minimum atomic E-state index is -3.60. The first-order chi connectivity index (χ1) is 12.9. The van der Waals surface area contributed by atoms with Gasteiger partial charge in [-0.25, -0.2) is 13.2 Å². The Labute approximate surface area is 165 Å². The molecule has 138 valence electrons.